The molecular weight excluding hydrogens is 378 g/mol. The van der Waals surface area contributed by atoms with E-state index in [0.29, 0.717) is 28.2 Å². The van der Waals surface area contributed by atoms with E-state index in [1.54, 1.807) is 18.2 Å². The molecular formula is C17H20ClN3O4S. The Morgan fingerprint density at radius 1 is 1.54 bits per heavy atom. The maximum atomic E-state index is 12.3. The molecule has 2 saturated heterocycles. The zero-order valence-electron chi connectivity index (χ0n) is 14.3. The fraction of sp³-hybridized carbons (Fsp3) is 0.471. The highest BCUT2D eigenvalue weighted by Crippen LogP contribution is 2.29. The summed E-state index contributed by atoms with van der Waals surface area (Å²) in [6, 6.07) is 4.95. The lowest BCUT2D eigenvalue weighted by Gasteiger charge is -2.11. The van der Waals surface area contributed by atoms with Crippen molar-refractivity contribution in [2.24, 2.45) is 4.99 Å². The molecule has 0 aromatic heterocycles. The molecule has 0 saturated carbocycles. The van der Waals surface area contributed by atoms with Crippen LogP contribution < -0.4 is 15.4 Å². The van der Waals surface area contributed by atoms with Gasteiger partial charge in [0.2, 0.25) is 11.8 Å². The molecule has 26 heavy (non-hydrogen) atoms. The van der Waals surface area contributed by atoms with E-state index in [2.05, 4.69) is 15.6 Å². The number of aliphatic imine (C=N–C) groups is 1. The Labute approximate surface area is 160 Å². The number of ether oxygens (including phenoxy) is 2. The second kappa shape index (κ2) is 8.75. The molecule has 3 rings (SSSR count). The number of carbonyl (C=O) groups is 2. The van der Waals surface area contributed by atoms with Crippen LogP contribution in [-0.4, -0.2) is 48.6 Å². The first-order chi connectivity index (χ1) is 12.5. The third-order valence-electron chi connectivity index (χ3n) is 4.05. The first-order valence-corrected chi connectivity index (χ1v) is 9.58. The number of anilines is 1. The third kappa shape index (κ3) is 4.90. The maximum Gasteiger partial charge on any atom is 0.240 e. The number of hydrogen-bond donors (Lipinski definition) is 2. The molecule has 0 bridgehead atoms. The quantitative estimate of drug-likeness (QED) is 0.769. The van der Waals surface area contributed by atoms with Gasteiger partial charge in [0.05, 0.1) is 25.4 Å². The predicted octanol–water partition coefficient (Wildman–Crippen LogP) is 2.44. The molecule has 2 fully saturated rings. The Kier molecular flexibility index (Phi) is 6.39. The molecule has 2 heterocycles. The van der Waals surface area contributed by atoms with Gasteiger partial charge in [-0.25, -0.2) is 0 Å². The van der Waals surface area contributed by atoms with Gasteiger partial charge < -0.3 is 20.1 Å². The van der Waals surface area contributed by atoms with Crippen LogP contribution in [0.15, 0.2) is 23.2 Å². The molecule has 0 aliphatic carbocycles. The van der Waals surface area contributed by atoms with Crippen LogP contribution in [0.4, 0.5) is 5.69 Å². The molecule has 2 aliphatic rings. The molecule has 2 aliphatic heterocycles. The van der Waals surface area contributed by atoms with Gasteiger partial charge >= 0.3 is 0 Å². The second-order valence-corrected chi connectivity index (χ2v) is 7.60. The number of benzene rings is 1. The summed E-state index contributed by atoms with van der Waals surface area (Å²) >= 11 is 7.23. The molecule has 1 aromatic carbocycles. The van der Waals surface area contributed by atoms with Crippen molar-refractivity contribution in [3.8, 4) is 5.75 Å². The number of amides is 2. The summed E-state index contributed by atoms with van der Waals surface area (Å²) in [5, 5.41) is 5.98. The molecule has 140 valence electrons. The number of hydrogen-bond acceptors (Lipinski definition) is 6. The fourth-order valence-corrected chi connectivity index (χ4v) is 3.89. The van der Waals surface area contributed by atoms with E-state index in [9.17, 15) is 9.59 Å². The van der Waals surface area contributed by atoms with Gasteiger partial charge in [-0.3, -0.25) is 14.6 Å². The van der Waals surface area contributed by atoms with Gasteiger partial charge in [0.1, 0.15) is 11.0 Å². The minimum absolute atomic E-state index is 0.0329. The van der Waals surface area contributed by atoms with Gasteiger partial charge in [-0.05, 0) is 31.0 Å². The van der Waals surface area contributed by atoms with Crippen LogP contribution in [0.2, 0.25) is 5.02 Å². The number of nitrogens with zero attached hydrogens (tertiary/aromatic N) is 1. The molecule has 2 atom stereocenters. The lowest BCUT2D eigenvalue weighted by atomic mass is 10.2. The van der Waals surface area contributed by atoms with Crippen LogP contribution in [0.1, 0.15) is 19.3 Å². The van der Waals surface area contributed by atoms with Gasteiger partial charge in [-0.2, -0.15) is 0 Å². The number of amidine groups is 1. The molecule has 0 spiro atoms. The van der Waals surface area contributed by atoms with Crippen LogP contribution >= 0.6 is 23.4 Å². The van der Waals surface area contributed by atoms with E-state index in [0.717, 1.165) is 19.4 Å². The zero-order chi connectivity index (χ0) is 18.5. The molecule has 0 radical (unpaired) electrons. The summed E-state index contributed by atoms with van der Waals surface area (Å²) in [5.74, 6) is -0.00187. The summed E-state index contributed by atoms with van der Waals surface area (Å²) in [6.07, 6.45) is 2.19. The summed E-state index contributed by atoms with van der Waals surface area (Å²) in [4.78, 5) is 28.8. The SMILES string of the molecule is COc1ccc(Cl)cc1NC(=O)CC1SC(=NCC2CCCO2)NC1=O. The van der Waals surface area contributed by atoms with Crippen molar-refractivity contribution < 1.29 is 19.1 Å². The van der Waals surface area contributed by atoms with Gasteiger partial charge in [-0.1, -0.05) is 23.4 Å². The van der Waals surface area contributed by atoms with Gasteiger partial charge in [0.15, 0.2) is 5.17 Å². The van der Waals surface area contributed by atoms with Crippen molar-refractivity contribution in [2.75, 3.05) is 25.6 Å². The first-order valence-electron chi connectivity index (χ1n) is 8.32. The summed E-state index contributed by atoms with van der Waals surface area (Å²) in [5.41, 5.74) is 0.473. The van der Waals surface area contributed by atoms with Crippen molar-refractivity contribution in [1.29, 1.82) is 0 Å². The average Bonchev–Trinajstić information content (AvgIpc) is 3.23. The molecule has 2 amide bonds. The average molecular weight is 398 g/mol. The first kappa shape index (κ1) is 19.0. The Bertz CT molecular complexity index is 722. The highest BCUT2D eigenvalue weighted by atomic mass is 35.5. The number of methoxy groups -OCH3 is 1. The largest absolute Gasteiger partial charge is 0.495 e. The van der Waals surface area contributed by atoms with Gasteiger partial charge in [0, 0.05) is 18.1 Å². The topological polar surface area (TPSA) is 89.0 Å². The number of nitrogens with one attached hydrogen (secondary N) is 2. The molecule has 2 N–H and O–H groups in total. The molecule has 7 nitrogen and oxygen atoms in total. The van der Waals surface area contributed by atoms with E-state index in [1.165, 1.54) is 18.9 Å². The summed E-state index contributed by atoms with van der Waals surface area (Å²) in [7, 11) is 1.51. The lowest BCUT2D eigenvalue weighted by Crippen LogP contribution is -2.28. The smallest absolute Gasteiger partial charge is 0.240 e. The minimum atomic E-state index is -0.511. The summed E-state index contributed by atoms with van der Waals surface area (Å²) < 4.78 is 10.7. The van der Waals surface area contributed by atoms with E-state index < -0.39 is 5.25 Å². The Hall–Kier alpha value is -1.77. The van der Waals surface area contributed by atoms with E-state index >= 15 is 0 Å². The number of thioether (sulfide) groups is 1. The van der Waals surface area contributed by atoms with Crippen molar-refractivity contribution in [1.82, 2.24) is 5.32 Å². The normalized spacial score (nSPS) is 23.9. The van der Waals surface area contributed by atoms with E-state index in [4.69, 9.17) is 21.1 Å². The van der Waals surface area contributed by atoms with Crippen molar-refractivity contribution in [3.05, 3.63) is 23.2 Å². The lowest BCUT2D eigenvalue weighted by molar-refractivity contribution is -0.122. The summed E-state index contributed by atoms with van der Waals surface area (Å²) in [6.45, 7) is 1.30. The second-order valence-electron chi connectivity index (χ2n) is 5.97. The Morgan fingerprint density at radius 3 is 3.12 bits per heavy atom. The van der Waals surface area contributed by atoms with Crippen LogP contribution in [0.25, 0.3) is 0 Å². The van der Waals surface area contributed by atoms with E-state index in [-0.39, 0.29) is 24.3 Å². The van der Waals surface area contributed by atoms with Crippen molar-refractivity contribution in [2.45, 2.75) is 30.6 Å². The highest BCUT2D eigenvalue weighted by molar-refractivity contribution is 8.15. The fourth-order valence-electron chi connectivity index (χ4n) is 2.74. The van der Waals surface area contributed by atoms with Crippen LogP contribution in [0.3, 0.4) is 0 Å². The van der Waals surface area contributed by atoms with Gasteiger partial charge in [-0.15, -0.1) is 0 Å². The standard InChI is InChI=1S/C17H20ClN3O4S/c1-24-13-5-4-10(18)7-12(13)20-15(22)8-14-16(23)21-17(26-14)19-9-11-3-2-6-25-11/h4-5,7,11,14H,2-3,6,8-9H2,1H3,(H,20,22)(H,19,21,23). The monoisotopic (exact) mass is 397 g/mol. The minimum Gasteiger partial charge on any atom is -0.495 e. The van der Waals surface area contributed by atoms with Gasteiger partial charge in [0.25, 0.3) is 0 Å². The molecule has 9 heteroatoms. The van der Waals surface area contributed by atoms with Crippen LogP contribution in [0, 0.1) is 0 Å². The Morgan fingerprint density at radius 2 is 2.38 bits per heavy atom. The predicted molar refractivity (Wildman–Crippen MR) is 102 cm³/mol. The molecule has 2 unspecified atom stereocenters. The van der Waals surface area contributed by atoms with Crippen molar-refractivity contribution in [3.63, 3.8) is 0 Å². The zero-order valence-corrected chi connectivity index (χ0v) is 15.9. The number of halogens is 1. The van der Waals surface area contributed by atoms with Crippen LogP contribution in [0.5, 0.6) is 5.75 Å². The molecule has 1 aromatic rings. The Balaban J connectivity index is 1.55. The maximum absolute atomic E-state index is 12.3. The van der Waals surface area contributed by atoms with Crippen molar-refractivity contribution >= 4 is 46.0 Å². The third-order valence-corrected chi connectivity index (χ3v) is 5.40. The number of carbonyl (C=O) groups excluding carboxylic acids is 2. The number of rotatable bonds is 6. The van der Waals surface area contributed by atoms with E-state index in [1.807, 2.05) is 0 Å². The highest BCUT2D eigenvalue weighted by Gasteiger charge is 2.32. The van der Waals surface area contributed by atoms with Crippen LogP contribution in [-0.2, 0) is 14.3 Å².